The molecule has 0 bridgehead atoms. The van der Waals surface area contributed by atoms with E-state index < -0.39 is 0 Å². The van der Waals surface area contributed by atoms with E-state index in [-0.39, 0.29) is 5.69 Å². The number of rotatable bonds is 3. The standard InChI is InChI=1S/C14H13N5O/c1-15-13-17-9-19(14(20)18-13)8-12-11-5-3-2-4-10(11)6-7-16-12/h2-7,9H,8H2,1H3,(H,15,18,20). The van der Waals surface area contributed by atoms with Crippen molar-refractivity contribution in [1.29, 1.82) is 0 Å². The summed E-state index contributed by atoms with van der Waals surface area (Å²) in [7, 11) is 1.67. The molecule has 0 amide bonds. The van der Waals surface area contributed by atoms with Gasteiger partial charge in [-0.3, -0.25) is 9.55 Å². The summed E-state index contributed by atoms with van der Waals surface area (Å²) in [6.45, 7) is 0.351. The molecule has 1 aromatic carbocycles. The van der Waals surface area contributed by atoms with Crippen molar-refractivity contribution in [2.24, 2.45) is 0 Å². The molecular weight excluding hydrogens is 254 g/mol. The average Bonchev–Trinajstić information content (AvgIpc) is 2.49. The molecule has 0 aliphatic carbocycles. The Balaban J connectivity index is 2.03. The third-order valence-electron chi connectivity index (χ3n) is 3.07. The van der Waals surface area contributed by atoms with Crippen molar-refractivity contribution < 1.29 is 0 Å². The van der Waals surface area contributed by atoms with Crippen molar-refractivity contribution in [1.82, 2.24) is 19.5 Å². The SMILES string of the molecule is CNc1ncn(Cc2nccc3ccccc23)c(=O)n1. The molecule has 3 aromatic rings. The van der Waals surface area contributed by atoms with E-state index in [1.807, 2.05) is 30.3 Å². The van der Waals surface area contributed by atoms with E-state index in [4.69, 9.17) is 0 Å². The molecule has 0 saturated heterocycles. The van der Waals surface area contributed by atoms with Gasteiger partial charge in [-0.05, 0) is 11.5 Å². The maximum Gasteiger partial charge on any atom is 0.352 e. The Hall–Kier alpha value is -2.76. The van der Waals surface area contributed by atoms with E-state index in [1.165, 1.54) is 10.9 Å². The quantitative estimate of drug-likeness (QED) is 0.773. The van der Waals surface area contributed by atoms with Gasteiger partial charge in [0.1, 0.15) is 6.33 Å². The van der Waals surface area contributed by atoms with Crippen molar-refractivity contribution >= 4 is 16.7 Å². The highest BCUT2D eigenvalue weighted by Gasteiger charge is 2.05. The van der Waals surface area contributed by atoms with Gasteiger partial charge < -0.3 is 5.32 Å². The lowest BCUT2D eigenvalue weighted by molar-refractivity contribution is 0.693. The maximum atomic E-state index is 11.9. The molecule has 2 aromatic heterocycles. The number of hydrogen-bond acceptors (Lipinski definition) is 5. The number of fused-ring (bicyclic) bond motifs is 1. The summed E-state index contributed by atoms with van der Waals surface area (Å²) in [5.74, 6) is 0.317. The van der Waals surface area contributed by atoms with Gasteiger partial charge in [-0.2, -0.15) is 4.98 Å². The third-order valence-corrected chi connectivity index (χ3v) is 3.07. The zero-order valence-electron chi connectivity index (χ0n) is 10.9. The fraction of sp³-hybridized carbons (Fsp3) is 0.143. The molecule has 0 spiro atoms. The molecule has 1 N–H and O–H groups in total. The average molecular weight is 267 g/mol. The lowest BCUT2D eigenvalue weighted by Gasteiger charge is -2.07. The predicted molar refractivity (Wildman–Crippen MR) is 76.7 cm³/mol. The Morgan fingerprint density at radius 3 is 2.85 bits per heavy atom. The molecule has 0 aliphatic heterocycles. The third kappa shape index (κ3) is 2.23. The van der Waals surface area contributed by atoms with E-state index in [0.29, 0.717) is 12.5 Å². The van der Waals surface area contributed by atoms with Crippen LogP contribution in [0.25, 0.3) is 10.8 Å². The van der Waals surface area contributed by atoms with Crippen LogP contribution in [0.3, 0.4) is 0 Å². The molecular formula is C14H13N5O. The van der Waals surface area contributed by atoms with Crippen molar-refractivity contribution in [3.63, 3.8) is 0 Å². The van der Waals surface area contributed by atoms with Crippen LogP contribution in [0.2, 0.25) is 0 Å². The Morgan fingerprint density at radius 2 is 2.05 bits per heavy atom. The highest BCUT2D eigenvalue weighted by Crippen LogP contribution is 2.16. The van der Waals surface area contributed by atoms with Gasteiger partial charge in [0.05, 0.1) is 12.2 Å². The molecule has 6 heteroatoms. The number of aromatic nitrogens is 4. The fourth-order valence-corrected chi connectivity index (χ4v) is 2.06. The second-order valence-corrected chi connectivity index (χ2v) is 4.32. The molecule has 0 unspecified atom stereocenters. The molecule has 0 radical (unpaired) electrons. The normalized spacial score (nSPS) is 10.7. The lowest BCUT2D eigenvalue weighted by atomic mass is 10.1. The number of nitrogens with one attached hydrogen (secondary N) is 1. The number of anilines is 1. The minimum absolute atomic E-state index is 0.317. The molecule has 6 nitrogen and oxygen atoms in total. The molecule has 100 valence electrons. The second-order valence-electron chi connectivity index (χ2n) is 4.32. The van der Waals surface area contributed by atoms with Crippen LogP contribution in [-0.4, -0.2) is 26.6 Å². The lowest BCUT2D eigenvalue weighted by Crippen LogP contribution is -2.25. The fourth-order valence-electron chi connectivity index (χ4n) is 2.06. The van der Waals surface area contributed by atoms with Gasteiger partial charge >= 0.3 is 5.69 Å². The molecule has 0 saturated carbocycles. The van der Waals surface area contributed by atoms with E-state index in [1.54, 1.807) is 13.2 Å². The largest absolute Gasteiger partial charge is 0.357 e. The van der Waals surface area contributed by atoms with E-state index >= 15 is 0 Å². The first-order valence-corrected chi connectivity index (χ1v) is 6.22. The number of benzene rings is 1. The minimum atomic E-state index is -0.348. The summed E-state index contributed by atoms with van der Waals surface area (Å²) in [6, 6.07) is 9.89. The van der Waals surface area contributed by atoms with Crippen LogP contribution in [0.4, 0.5) is 5.95 Å². The van der Waals surface area contributed by atoms with Crippen LogP contribution in [0, 0.1) is 0 Å². The Morgan fingerprint density at radius 1 is 1.20 bits per heavy atom. The molecule has 0 atom stereocenters. The van der Waals surface area contributed by atoms with Crippen LogP contribution < -0.4 is 11.0 Å². The monoisotopic (exact) mass is 267 g/mol. The topological polar surface area (TPSA) is 72.7 Å². The van der Waals surface area contributed by atoms with Crippen LogP contribution in [0.1, 0.15) is 5.69 Å². The van der Waals surface area contributed by atoms with Gasteiger partial charge in [0.2, 0.25) is 5.95 Å². The summed E-state index contributed by atoms with van der Waals surface area (Å²) in [6.07, 6.45) is 3.22. The minimum Gasteiger partial charge on any atom is -0.357 e. The van der Waals surface area contributed by atoms with Crippen LogP contribution in [0.5, 0.6) is 0 Å². The summed E-state index contributed by atoms with van der Waals surface area (Å²) >= 11 is 0. The zero-order valence-corrected chi connectivity index (χ0v) is 10.9. The first-order valence-electron chi connectivity index (χ1n) is 6.22. The van der Waals surface area contributed by atoms with Gasteiger partial charge in [0.25, 0.3) is 0 Å². The molecule has 20 heavy (non-hydrogen) atoms. The van der Waals surface area contributed by atoms with Gasteiger partial charge in [0.15, 0.2) is 0 Å². The summed E-state index contributed by atoms with van der Waals surface area (Å²) < 4.78 is 1.44. The summed E-state index contributed by atoms with van der Waals surface area (Å²) in [4.78, 5) is 24.1. The molecule has 3 rings (SSSR count). The number of pyridine rings is 1. The maximum absolute atomic E-state index is 11.9. The second kappa shape index (κ2) is 5.08. The van der Waals surface area contributed by atoms with Gasteiger partial charge in [0, 0.05) is 18.6 Å². The summed E-state index contributed by atoms with van der Waals surface area (Å²) in [5, 5.41) is 4.86. The highest BCUT2D eigenvalue weighted by molar-refractivity contribution is 5.84. The van der Waals surface area contributed by atoms with Crippen molar-refractivity contribution in [2.45, 2.75) is 6.54 Å². The Kier molecular flexibility index (Phi) is 3.12. The van der Waals surface area contributed by atoms with Crippen LogP contribution in [0.15, 0.2) is 47.7 Å². The zero-order chi connectivity index (χ0) is 13.9. The first-order chi connectivity index (χ1) is 9.78. The van der Waals surface area contributed by atoms with Gasteiger partial charge in [-0.15, -0.1) is 0 Å². The van der Waals surface area contributed by atoms with Crippen LogP contribution >= 0.6 is 0 Å². The molecule has 0 aliphatic rings. The number of nitrogens with zero attached hydrogens (tertiary/aromatic N) is 4. The number of hydrogen-bond donors (Lipinski definition) is 1. The van der Waals surface area contributed by atoms with Crippen molar-refractivity contribution in [2.75, 3.05) is 12.4 Å². The van der Waals surface area contributed by atoms with E-state index in [2.05, 4.69) is 20.3 Å². The van der Waals surface area contributed by atoms with E-state index in [0.717, 1.165) is 16.5 Å². The van der Waals surface area contributed by atoms with Crippen molar-refractivity contribution in [3.8, 4) is 0 Å². The Labute approximate surface area is 115 Å². The smallest absolute Gasteiger partial charge is 0.352 e. The van der Waals surface area contributed by atoms with Crippen LogP contribution in [-0.2, 0) is 6.54 Å². The van der Waals surface area contributed by atoms with Crippen molar-refractivity contribution in [3.05, 3.63) is 59.0 Å². The first kappa shape index (κ1) is 12.3. The molecule has 0 fully saturated rings. The predicted octanol–water partition coefficient (Wildman–Crippen LogP) is 1.28. The summed E-state index contributed by atoms with van der Waals surface area (Å²) in [5.41, 5.74) is 0.477. The molecule has 2 heterocycles. The Bertz CT molecular complexity index is 807. The highest BCUT2D eigenvalue weighted by atomic mass is 16.1. The van der Waals surface area contributed by atoms with Gasteiger partial charge in [-0.25, -0.2) is 9.78 Å². The van der Waals surface area contributed by atoms with Gasteiger partial charge in [-0.1, -0.05) is 24.3 Å². The van der Waals surface area contributed by atoms with E-state index in [9.17, 15) is 4.79 Å².